The summed E-state index contributed by atoms with van der Waals surface area (Å²) in [6, 6.07) is 6.82. The number of fused-ring (bicyclic) bond motifs is 1. The Bertz CT molecular complexity index is 733. The summed E-state index contributed by atoms with van der Waals surface area (Å²) in [5.74, 6) is -0.615. The topological polar surface area (TPSA) is 81.2 Å². The van der Waals surface area contributed by atoms with Crippen LogP contribution in [0.15, 0.2) is 30.5 Å². The maximum absolute atomic E-state index is 12.3. The molecule has 3 rings (SSSR count). The van der Waals surface area contributed by atoms with E-state index in [-0.39, 0.29) is 24.4 Å². The summed E-state index contributed by atoms with van der Waals surface area (Å²) in [5, 5.41) is 4.37. The summed E-state index contributed by atoms with van der Waals surface area (Å²) in [7, 11) is 0. The zero-order chi connectivity index (χ0) is 15.1. The van der Waals surface area contributed by atoms with Gasteiger partial charge < -0.3 is 5.73 Å². The normalized spacial score (nSPS) is 14.1. The largest absolute Gasteiger partial charge is 0.399 e. The van der Waals surface area contributed by atoms with Crippen LogP contribution in [-0.4, -0.2) is 26.5 Å². The van der Waals surface area contributed by atoms with Crippen LogP contribution in [0.3, 0.4) is 0 Å². The molecule has 6 heteroatoms. The van der Waals surface area contributed by atoms with Gasteiger partial charge in [-0.3, -0.25) is 19.2 Å². The standard InChI is InChI=1S/C15H16N4O2/c1-9(2)19-6-5-11(17-19)8-18-14(20)12-4-3-10(16)7-13(12)15(18)21/h3-7,9H,8,16H2,1-2H3. The smallest absolute Gasteiger partial charge is 0.261 e. The first-order valence-electron chi connectivity index (χ1n) is 6.77. The Kier molecular flexibility index (Phi) is 3.01. The van der Waals surface area contributed by atoms with E-state index in [1.165, 1.54) is 4.90 Å². The minimum atomic E-state index is -0.318. The van der Waals surface area contributed by atoms with Crippen LogP contribution >= 0.6 is 0 Å². The van der Waals surface area contributed by atoms with Gasteiger partial charge in [-0.25, -0.2) is 0 Å². The van der Waals surface area contributed by atoms with Gasteiger partial charge in [0.1, 0.15) is 0 Å². The highest BCUT2D eigenvalue weighted by Crippen LogP contribution is 2.26. The highest BCUT2D eigenvalue weighted by atomic mass is 16.2. The van der Waals surface area contributed by atoms with Crippen molar-refractivity contribution < 1.29 is 9.59 Å². The van der Waals surface area contributed by atoms with Crippen LogP contribution < -0.4 is 5.73 Å². The molecule has 0 unspecified atom stereocenters. The second kappa shape index (κ2) is 4.73. The molecule has 1 aliphatic rings. The van der Waals surface area contributed by atoms with Crippen LogP contribution in [0.25, 0.3) is 0 Å². The lowest BCUT2D eigenvalue weighted by molar-refractivity contribution is 0.0640. The van der Waals surface area contributed by atoms with Gasteiger partial charge in [0, 0.05) is 17.9 Å². The number of hydrogen-bond acceptors (Lipinski definition) is 4. The van der Waals surface area contributed by atoms with Crippen LogP contribution in [0, 0.1) is 0 Å². The molecule has 0 radical (unpaired) electrons. The van der Waals surface area contributed by atoms with E-state index in [9.17, 15) is 9.59 Å². The van der Waals surface area contributed by atoms with Gasteiger partial charge in [-0.15, -0.1) is 0 Å². The van der Waals surface area contributed by atoms with Crippen molar-refractivity contribution in [2.45, 2.75) is 26.4 Å². The summed E-state index contributed by atoms with van der Waals surface area (Å²) in [4.78, 5) is 25.8. The first kappa shape index (κ1) is 13.4. The quantitative estimate of drug-likeness (QED) is 0.689. The summed E-state index contributed by atoms with van der Waals surface area (Å²) < 4.78 is 1.80. The highest BCUT2D eigenvalue weighted by molar-refractivity contribution is 6.21. The number of carbonyl (C=O) groups excluding carboxylic acids is 2. The first-order valence-corrected chi connectivity index (χ1v) is 6.77. The van der Waals surface area contributed by atoms with Crippen molar-refractivity contribution in [1.82, 2.24) is 14.7 Å². The van der Waals surface area contributed by atoms with Crippen LogP contribution in [-0.2, 0) is 6.54 Å². The summed E-state index contributed by atoms with van der Waals surface area (Å²) in [6.07, 6.45) is 1.84. The van der Waals surface area contributed by atoms with Crippen LogP contribution in [0.2, 0.25) is 0 Å². The lowest BCUT2D eigenvalue weighted by Crippen LogP contribution is -2.29. The molecule has 1 aromatic carbocycles. The van der Waals surface area contributed by atoms with Crippen LogP contribution in [0.5, 0.6) is 0 Å². The maximum atomic E-state index is 12.3. The molecule has 21 heavy (non-hydrogen) atoms. The van der Waals surface area contributed by atoms with E-state index < -0.39 is 0 Å². The van der Waals surface area contributed by atoms with E-state index in [0.717, 1.165) is 0 Å². The molecule has 0 saturated carbocycles. The maximum Gasteiger partial charge on any atom is 0.261 e. The highest BCUT2D eigenvalue weighted by Gasteiger charge is 2.35. The minimum Gasteiger partial charge on any atom is -0.399 e. The molecule has 2 heterocycles. The predicted octanol–water partition coefficient (Wildman–Crippen LogP) is 1.84. The number of nitrogens with two attached hydrogens (primary N) is 1. The number of aromatic nitrogens is 2. The van der Waals surface area contributed by atoms with Gasteiger partial charge in [0.15, 0.2) is 0 Å². The summed E-state index contributed by atoms with van der Waals surface area (Å²) >= 11 is 0. The number of anilines is 1. The Morgan fingerprint density at radius 1 is 1.14 bits per heavy atom. The molecule has 1 aromatic heterocycles. The molecule has 1 aliphatic heterocycles. The Balaban J connectivity index is 1.87. The number of nitrogens with zero attached hydrogens (tertiary/aromatic N) is 3. The van der Waals surface area contributed by atoms with E-state index in [4.69, 9.17) is 5.73 Å². The second-order valence-corrected chi connectivity index (χ2v) is 5.38. The monoisotopic (exact) mass is 284 g/mol. The van der Waals surface area contributed by atoms with Crippen molar-refractivity contribution in [2.24, 2.45) is 0 Å². The number of hydrogen-bond donors (Lipinski definition) is 1. The van der Waals surface area contributed by atoms with Crippen molar-refractivity contribution in [3.05, 3.63) is 47.3 Å². The van der Waals surface area contributed by atoms with Crippen molar-refractivity contribution >= 4 is 17.5 Å². The lowest BCUT2D eigenvalue weighted by Gasteiger charge is -2.12. The predicted molar refractivity (Wildman–Crippen MR) is 77.7 cm³/mol. The van der Waals surface area contributed by atoms with Gasteiger partial charge >= 0.3 is 0 Å². The SMILES string of the molecule is CC(C)n1ccc(CN2C(=O)c3ccc(N)cc3C2=O)n1. The molecule has 6 nitrogen and oxygen atoms in total. The van der Waals surface area contributed by atoms with Gasteiger partial charge in [-0.1, -0.05) is 0 Å². The number of carbonyl (C=O) groups is 2. The van der Waals surface area contributed by atoms with Gasteiger partial charge in [0.2, 0.25) is 0 Å². The molecule has 2 aromatic rings. The lowest BCUT2D eigenvalue weighted by atomic mass is 10.1. The Labute approximate surface area is 122 Å². The average molecular weight is 284 g/mol. The van der Waals surface area contributed by atoms with Crippen molar-refractivity contribution in [3.8, 4) is 0 Å². The number of imide groups is 1. The Hall–Kier alpha value is -2.63. The third-order valence-corrected chi connectivity index (χ3v) is 3.51. The zero-order valence-electron chi connectivity index (χ0n) is 11.9. The fourth-order valence-corrected chi connectivity index (χ4v) is 2.36. The molecule has 108 valence electrons. The molecule has 0 aliphatic carbocycles. The van der Waals surface area contributed by atoms with E-state index in [2.05, 4.69) is 5.10 Å². The van der Waals surface area contributed by atoms with Crippen molar-refractivity contribution in [3.63, 3.8) is 0 Å². The van der Waals surface area contributed by atoms with Gasteiger partial charge in [-0.05, 0) is 38.1 Å². The zero-order valence-corrected chi connectivity index (χ0v) is 11.9. The van der Waals surface area contributed by atoms with Gasteiger partial charge in [-0.2, -0.15) is 5.10 Å². The number of rotatable bonds is 3. The van der Waals surface area contributed by atoms with E-state index in [1.807, 2.05) is 26.1 Å². The molecule has 0 fully saturated rings. The molecule has 0 spiro atoms. The fourth-order valence-electron chi connectivity index (χ4n) is 2.36. The average Bonchev–Trinajstić information content (AvgIpc) is 2.99. The van der Waals surface area contributed by atoms with Crippen LogP contribution in [0.4, 0.5) is 5.69 Å². The fraction of sp³-hybridized carbons (Fsp3) is 0.267. The Morgan fingerprint density at radius 2 is 1.86 bits per heavy atom. The molecule has 2 amide bonds. The number of nitrogen functional groups attached to an aromatic ring is 1. The molecule has 0 atom stereocenters. The molecular formula is C15H16N4O2. The summed E-state index contributed by atoms with van der Waals surface area (Å²) in [6.45, 7) is 4.20. The van der Waals surface area contributed by atoms with Crippen molar-refractivity contribution in [1.29, 1.82) is 0 Å². The third kappa shape index (κ3) is 2.18. The molecule has 0 saturated heterocycles. The second-order valence-electron chi connectivity index (χ2n) is 5.38. The van der Waals surface area contributed by atoms with E-state index in [1.54, 1.807) is 22.9 Å². The van der Waals surface area contributed by atoms with Crippen LogP contribution in [0.1, 0.15) is 46.3 Å². The molecule has 2 N–H and O–H groups in total. The van der Waals surface area contributed by atoms with Gasteiger partial charge in [0.25, 0.3) is 11.8 Å². The number of benzene rings is 1. The molecular weight excluding hydrogens is 268 g/mol. The minimum absolute atomic E-state index is 0.173. The first-order chi connectivity index (χ1) is 9.97. The number of amides is 2. The summed E-state index contributed by atoms with van der Waals surface area (Å²) in [5.41, 5.74) is 7.60. The van der Waals surface area contributed by atoms with Gasteiger partial charge in [0.05, 0.1) is 23.4 Å². The third-order valence-electron chi connectivity index (χ3n) is 3.51. The molecule has 0 bridgehead atoms. The Morgan fingerprint density at radius 3 is 2.52 bits per heavy atom. The van der Waals surface area contributed by atoms with Crippen molar-refractivity contribution in [2.75, 3.05) is 5.73 Å². The van der Waals surface area contributed by atoms with E-state index >= 15 is 0 Å². The van der Waals surface area contributed by atoms with E-state index in [0.29, 0.717) is 22.5 Å².